The number of hydrogen-bond acceptors (Lipinski definition) is 2. The molecule has 0 heterocycles. The third kappa shape index (κ3) is 3.79. The molecule has 0 aliphatic carbocycles. The normalized spacial score (nSPS) is 11.1. The standard InChI is InChI=1S/C26H18BrFO2/c27-22-16-17-23(24(28)18-22)25(29)30-26(19-10-4-1-5-11-19,20-12-6-2-7-13-20)21-14-8-3-9-15-21/h1-18H. The smallest absolute Gasteiger partial charge is 0.342 e. The van der Waals surface area contributed by atoms with E-state index in [0.29, 0.717) is 4.47 Å². The van der Waals surface area contributed by atoms with Crippen molar-refractivity contribution in [2.24, 2.45) is 0 Å². The van der Waals surface area contributed by atoms with E-state index in [0.717, 1.165) is 16.7 Å². The first kappa shape index (κ1) is 20.0. The van der Waals surface area contributed by atoms with Crippen molar-refractivity contribution in [3.8, 4) is 0 Å². The van der Waals surface area contributed by atoms with Gasteiger partial charge in [-0.05, 0) is 18.2 Å². The van der Waals surface area contributed by atoms with Gasteiger partial charge in [-0.2, -0.15) is 0 Å². The molecule has 0 saturated heterocycles. The van der Waals surface area contributed by atoms with Crippen molar-refractivity contribution in [2.45, 2.75) is 5.60 Å². The molecule has 30 heavy (non-hydrogen) atoms. The molecule has 0 N–H and O–H groups in total. The quantitative estimate of drug-likeness (QED) is 0.243. The van der Waals surface area contributed by atoms with E-state index >= 15 is 0 Å². The fourth-order valence-corrected chi connectivity index (χ4v) is 3.88. The van der Waals surface area contributed by atoms with Crippen molar-refractivity contribution in [1.82, 2.24) is 0 Å². The van der Waals surface area contributed by atoms with E-state index in [2.05, 4.69) is 15.9 Å². The van der Waals surface area contributed by atoms with Gasteiger partial charge in [-0.1, -0.05) is 107 Å². The Hall–Kier alpha value is -3.24. The molecule has 0 unspecified atom stereocenters. The lowest BCUT2D eigenvalue weighted by atomic mass is 9.80. The maximum atomic E-state index is 14.6. The van der Waals surface area contributed by atoms with Gasteiger partial charge in [-0.15, -0.1) is 0 Å². The number of rotatable bonds is 5. The number of esters is 1. The molecular weight excluding hydrogens is 443 g/mol. The topological polar surface area (TPSA) is 26.3 Å². The summed E-state index contributed by atoms with van der Waals surface area (Å²) in [4.78, 5) is 13.2. The molecule has 0 saturated carbocycles. The Bertz CT molecular complexity index is 1050. The van der Waals surface area contributed by atoms with E-state index < -0.39 is 17.4 Å². The van der Waals surface area contributed by atoms with Crippen molar-refractivity contribution in [3.05, 3.63) is 142 Å². The zero-order valence-corrected chi connectivity index (χ0v) is 17.6. The van der Waals surface area contributed by atoms with E-state index in [1.807, 2.05) is 91.0 Å². The van der Waals surface area contributed by atoms with Crippen LogP contribution < -0.4 is 0 Å². The molecule has 0 fully saturated rings. The first-order valence-corrected chi connectivity index (χ1v) is 10.3. The third-order valence-corrected chi connectivity index (χ3v) is 5.43. The molecule has 2 nitrogen and oxygen atoms in total. The molecule has 0 aliphatic rings. The van der Waals surface area contributed by atoms with Gasteiger partial charge in [0.2, 0.25) is 0 Å². The fraction of sp³-hybridized carbons (Fsp3) is 0.0385. The Kier molecular flexibility index (Phi) is 5.77. The van der Waals surface area contributed by atoms with Crippen LogP contribution in [0.1, 0.15) is 27.0 Å². The van der Waals surface area contributed by atoms with Crippen LogP contribution in [0.25, 0.3) is 0 Å². The summed E-state index contributed by atoms with van der Waals surface area (Å²) in [5, 5.41) is 0. The second kappa shape index (κ2) is 8.64. The van der Waals surface area contributed by atoms with Gasteiger partial charge in [0.1, 0.15) is 5.82 Å². The monoisotopic (exact) mass is 460 g/mol. The Morgan fingerprint density at radius 1 is 0.700 bits per heavy atom. The number of halogens is 2. The molecule has 0 spiro atoms. The maximum absolute atomic E-state index is 14.6. The van der Waals surface area contributed by atoms with E-state index in [1.54, 1.807) is 6.07 Å². The van der Waals surface area contributed by atoms with Crippen LogP contribution in [0.3, 0.4) is 0 Å². The van der Waals surface area contributed by atoms with E-state index in [9.17, 15) is 9.18 Å². The van der Waals surface area contributed by atoms with E-state index in [-0.39, 0.29) is 5.56 Å². The van der Waals surface area contributed by atoms with Crippen molar-refractivity contribution in [2.75, 3.05) is 0 Å². The van der Waals surface area contributed by atoms with Crippen LogP contribution >= 0.6 is 15.9 Å². The van der Waals surface area contributed by atoms with Crippen LogP contribution in [0.4, 0.5) is 4.39 Å². The van der Waals surface area contributed by atoms with Gasteiger partial charge in [0.25, 0.3) is 0 Å². The van der Waals surface area contributed by atoms with Crippen LogP contribution in [-0.2, 0) is 10.3 Å². The van der Waals surface area contributed by atoms with Crippen molar-refractivity contribution in [1.29, 1.82) is 0 Å². The molecule has 4 rings (SSSR count). The second-order valence-electron chi connectivity index (χ2n) is 6.79. The number of carbonyl (C=O) groups excluding carboxylic acids is 1. The van der Waals surface area contributed by atoms with Gasteiger partial charge < -0.3 is 4.74 Å². The lowest BCUT2D eigenvalue weighted by Gasteiger charge is -2.35. The molecule has 4 aromatic carbocycles. The number of carbonyl (C=O) groups is 1. The summed E-state index contributed by atoms with van der Waals surface area (Å²) in [5.74, 6) is -1.38. The minimum absolute atomic E-state index is 0.120. The van der Waals surface area contributed by atoms with Crippen molar-refractivity contribution < 1.29 is 13.9 Å². The predicted octanol–water partition coefficient (Wildman–Crippen LogP) is 6.74. The summed E-state index contributed by atoms with van der Waals surface area (Å²) >= 11 is 3.22. The van der Waals surface area contributed by atoms with Crippen LogP contribution in [-0.4, -0.2) is 5.97 Å². The van der Waals surface area contributed by atoms with Crippen molar-refractivity contribution >= 4 is 21.9 Å². The molecule has 148 valence electrons. The molecule has 0 amide bonds. The van der Waals surface area contributed by atoms with Crippen molar-refractivity contribution in [3.63, 3.8) is 0 Å². The lowest BCUT2D eigenvalue weighted by molar-refractivity contribution is 0.0136. The molecule has 0 atom stereocenters. The highest BCUT2D eigenvalue weighted by molar-refractivity contribution is 9.10. The number of hydrogen-bond donors (Lipinski definition) is 0. The summed E-state index contributed by atoms with van der Waals surface area (Å²) in [6.45, 7) is 0. The lowest BCUT2D eigenvalue weighted by Crippen LogP contribution is -2.35. The third-order valence-electron chi connectivity index (χ3n) is 4.94. The minimum atomic E-state index is -1.24. The summed E-state index contributed by atoms with van der Waals surface area (Å²) in [6.07, 6.45) is 0. The van der Waals surface area contributed by atoms with Gasteiger partial charge in [0.15, 0.2) is 5.60 Å². The predicted molar refractivity (Wildman–Crippen MR) is 119 cm³/mol. The van der Waals surface area contributed by atoms with Gasteiger partial charge in [0.05, 0.1) is 5.56 Å². The summed E-state index contributed by atoms with van der Waals surface area (Å²) < 4.78 is 21.3. The highest BCUT2D eigenvalue weighted by Gasteiger charge is 2.41. The Balaban J connectivity index is 1.94. The zero-order chi connectivity index (χ0) is 21.0. The number of benzene rings is 4. The molecule has 0 bridgehead atoms. The first-order valence-electron chi connectivity index (χ1n) is 9.46. The average molecular weight is 461 g/mol. The average Bonchev–Trinajstić information content (AvgIpc) is 2.79. The Morgan fingerprint density at radius 3 is 1.53 bits per heavy atom. The van der Waals surface area contributed by atoms with Gasteiger partial charge in [0, 0.05) is 21.2 Å². The first-order chi connectivity index (χ1) is 14.6. The Labute approximate surface area is 183 Å². The second-order valence-corrected chi connectivity index (χ2v) is 7.71. The fourth-order valence-electron chi connectivity index (χ4n) is 3.54. The molecule has 0 aromatic heterocycles. The Morgan fingerprint density at radius 2 is 1.13 bits per heavy atom. The van der Waals surface area contributed by atoms with Crippen LogP contribution in [0, 0.1) is 5.82 Å². The summed E-state index contributed by atoms with van der Waals surface area (Å²) in [7, 11) is 0. The molecule has 0 radical (unpaired) electrons. The molecule has 4 aromatic rings. The largest absolute Gasteiger partial charge is 0.441 e. The zero-order valence-electron chi connectivity index (χ0n) is 16.0. The summed E-state index contributed by atoms with van der Waals surface area (Å²) in [6, 6.07) is 32.8. The molecular formula is C26H18BrFO2. The van der Waals surface area contributed by atoms with E-state index in [4.69, 9.17) is 4.74 Å². The minimum Gasteiger partial charge on any atom is -0.441 e. The van der Waals surface area contributed by atoms with Crippen LogP contribution in [0.5, 0.6) is 0 Å². The molecule has 4 heteroatoms. The molecule has 0 aliphatic heterocycles. The van der Waals surface area contributed by atoms with Gasteiger partial charge in [-0.25, -0.2) is 9.18 Å². The number of ether oxygens (including phenoxy) is 1. The summed E-state index contributed by atoms with van der Waals surface area (Å²) in [5.41, 5.74) is 0.959. The highest BCUT2D eigenvalue weighted by Crippen LogP contribution is 2.41. The van der Waals surface area contributed by atoms with Crippen LogP contribution in [0.15, 0.2) is 114 Å². The highest BCUT2D eigenvalue weighted by atomic mass is 79.9. The van der Waals surface area contributed by atoms with E-state index in [1.165, 1.54) is 12.1 Å². The SMILES string of the molecule is O=C(OC(c1ccccc1)(c1ccccc1)c1ccccc1)c1ccc(Br)cc1F. The maximum Gasteiger partial charge on any atom is 0.342 e. The van der Waals surface area contributed by atoms with Gasteiger partial charge >= 0.3 is 5.97 Å². The van der Waals surface area contributed by atoms with Crippen LogP contribution in [0.2, 0.25) is 0 Å². The van der Waals surface area contributed by atoms with Gasteiger partial charge in [-0.3, -0.25) is 0 Å².